The summed E-state index contributed by atoms with van der Waals surface area (Å²) >= 11 is 0. The van der Waals surface area contributed by atoms with Gasteiger partial charge in [0.05, 0.1) is 11.4 Å². The average molecular weight is 337 g/mol. The summed E-state index contributed by atoms with van der Waals surface area (Å²) in [5, 5.41) is 12.6. The highest BCUT2D eigenvalue weighted by atomic mass is 16.5. The molecule has 9 heteroatoms. The molecule has 0 unspecified atom stereocenters. The summed E-state index contributed by atoms with van der Waals surface area (Å²) in [6.07, 6.45) is 2.41. The van der Waals surface area contributed by atoms with Crippen molar-refractivity contribution in [1.82, 2.24) is 25.1 Å². The number of nitrogens with one attached hydrogen (secondary N) is 3. The summed E-state index contributed by atoms with van der Waals surface area (Å²) < 4.78 is 5.37. The first kappa shape index (κ1) is 15.1. The van der Waals surface area contributed by atoms with Gasteiger partial charge in [0.25, 0.3) is 5.91 Å². The third-order valence-electron chi connectivity index (χ3n) is 3.65. The van der Waals surface area contributed by atoms with Crippen LogP contribution in [0.4, 0.5) is 17.6 Å². The van der Waals surface area contributed by atoms with E-state index in [0.29, 0.717) is 29.0 Å². The summed E-state index contributed by atoms with van der Waals surface area (Å²) in [5.74, 6) is 2.05. The normalized spacial score (nSPS) is 12.9. The zero-order chi connectivity index (χ0) is 17.2. The van der Waals surface area contributed by atoms with E-state index >= 15 is 0 Å². The molecule has 1 aliphatic heterocycles. The molecule has 3 N–H and O–H groups in total. The Morgan fingerprint density at radius 3 is 3.00 bits per heavy atom. The van der Waals surface area contributed by atoms with Crippen molar-refractivity contribution >= 4 is 23.5 Å². The number of H-pyrrole nitrogens is 1. The third-order valence-corrected chi connectivity index (χ3v) is 3.65. The third kappa shape index (κ3) is 3.11. The zero-order valence-corrected chi connectivity index (χ0v) is 13.4. The molecule has 0 spiro atoms. The van der Waals surface area contributed by atoms with Crippen LogP contribution in [-0.2, 0) is 11.2 Å². The highest BCUT2D eigenvalue weighted by Gasteiger charge is 2.16. The molecule has 3 heterocycles. The molecule has 126 valence electrons. The number of amides is 1. The van der Waals surface area contributed by atoms with Crippen LogP contribution >= 0.6 is 0 Å². The molecular formula is C16H15N7O2. The summed E-state index contributed by atoms with van der Waals surface area (Å²) in [6, 6.07) is 7.29. The van der Waals surface area contributed by atoms with Gasteiger partial charge in [0.2, 0.25) is 11.9 Å². The number of anilines is 3. The molecule has 2 aromatic heterocycles. The van der Waals surface area contributed by atoms with Crippen molar-refractivity contribution in [2.24, 2.45) is 0 Å². The molecule has 0 saturated heterocycles. The molecule has 0 bridgehead atoms. The van der Waals surface area contributed by atoms with Crippen LogP contribution in [0.25, 0.3) is 11.3 Å². The van der Waals surface area contributed by atoms with Crippen molar-refractivity contribution < 1.29 is 9.53 Å². The van der Waals surface area contributed by atoms with Crippen molar-refractivity contribution in [1.29, 1.82) is 0 Å². The first-order valence-corrected chi connectivity index (χ1v) is 7.79. The Kier molecular flexibility index (Phi) is 3.73. The first-order chi connectivity index (χ1) is 12.2. The average Bonchev–Trinajstić information content (AvgIpc) is 3.09. The molecule has 0 aliphatic carbocycles. The molecule has 9 nitrogen and oxygen atoms in total. The number of hydrogen-bond acceptors (Lipinski definition) is 7. The number of nitrogens with zero attached hydrogens (tertiary/aromatic N) is 4. The van der Waals surface area contributed by atoms with Gasteiger partial charge < -0.3 is 10.1 Å². The Morgan fingerprint density at radius 2 is 2.16 bits per heavy atom. The fraction of sp³-hybridized carbons (Fsp3) is 0.188. The van der Waals surface area contributed by atoms with Crippen molar-refractivity contribution in [3.8, 4) is 17.0 Å². The van der Waals surface area contributed by atoms with Gasteiger partial charge in [0, 0.05) is 18.2 Å². The van der Waals surface area contributed by atoms with Gasteiger partial charge in [-0.1, -0.05) is 6.92 Å². The van der Waals surface area contributed by atoms with Gasteiger partial charge in [-0.3, -0.25) is 15.2 Å². The highest BCUT2D eigenvalue weighted by molar-refractivity contribution is 5.96. The van der Waals surface area contributed by atoms with Crippen molar-refractivity contribution in [3.63, 3.8) is 0 Å². The fourth-order valence-electron chi connectivity index (χ4n) is 2.43. The molecule has 3 aromatic rings. The van der Waals surface area contributed by atoms with E-state index in [1.54, 1.807) is 12.3 Å². The van der Waals surface area contributed by atoms with Crippen molar-refractivity contribution in [3.05, 3.63) is 36.3 Å². The van der Waals surface area contributed by atoms with Crippen molar-refractivity contribution in [2.75, 3.05) is 17.2 Å². The van der Waals surface area contributed by atoms with Crippen molar-refractivity contribution in [2.45, 2.75) is 13.3 Å². The van der Waals surface area contributed by atoms with Crippen LogP contribution in [-0.4, -0.2) is 37.7 Å². The van der Waals surface area contributed by atoms with Gasteiger partial charge >= 0.3 is 0 Å². The summed E-state index contributed by atoms with van der Waals surface area (Å²) in [6.45, 7) is 2.02. The zero-order valence-electron chi connectivity index (χ0n) is 13.4. The number of carbonyl (C=O) groups is 1. The Bertz CT molecular complexity index is 938. The number of hydrogen-bond donors (Lipinski definition) is 3. The smallest absolute Gasteiger partial charge is 0.262 e. The second-order valence-electron chi connectivity index (χ2n) is 5.40. The fourth-order valence-corrected chi connectivity index (χ4v) is 2.43. The lowest BCUT2D eigenvalue weighted by Gasteiger charge is -2.18. The lowest BCUT2D eigenvalue weighted by molar-refractivity contribution is -0.118. The molecule has 1 amide bonds. The lowest BCUT2D eigenvalue weighted by Crippen LogP contribution is -2.25. The lowest BCUT2D eigenvalue weighted by atomic mass is 10.1. The van der Waals surface area contributed by atoms with Crippen LogP contribution in [0.3, 0.4) is 0 Å². The van der Waals surface area contributed by atoms with E-state index in [0.717, 1.165) is 17.8 Å². The quantitative estimate of drug-likeness (QED) is 0.665. The van der Waals surface area contributed by atoms with Crippen LogP contribution in [0.2, 0.25) is 0 Å². The van der Waals surface area contributed by atoms with Gasteiger partial charge in [-0.15, -0.1) is 5.10 Å². The van der Waals surface area contributed by atoms with E-state index in [1.807, 2.05) is 25.1 Å². The summed E-state index contributed by atoms with van der Waals surface area (Å²) in [5.41, 5.74) is 2.16. The van der Waals surface area contributed by atoms with Crippen LogP contribution in [0.1, 0.15) is 12.7 Å². The number of aryl methyl sites for hydroxylation is 1. The van der Waals surface area contributed by atoms with E-state index < -0.39 is 0 Å². The molecule has 0 radical (unpaired) electrons. The Labute approximate surface area is 142 Å². The summed E-state index contributed by atoms with van der Waals surface area (Å²) in [7, 11) is 0. The summed E-state index contributed by atoms with van der Waals surface area (Å²) in [4.78, 5) is 24.4. The number of aromatic amines is 1. The van der Waals surface area contributed by atoms with E-state index in [9.17, 15) is 4.79 Å². The predicted octanol–water partition coefficient (Wildman–Crippen LogP) is 1.90. The van der Waals surface area contributed by atoms with E-state index in [4.69, 9.17) is 4.74 Å². The van der Waals surface area contributed by atoms with Gasteiger partial charge in [-0.05, 0) is 24.3 Å². The minimum Gasteiger partial charge on any atom is -0.482 e. The highest BCUT2D eigenvalue weighted by Crippen LogP contribution is 2.32. The number of ether oxygens (including phenoxy) is 1. The maximum atomic E-state index is 11.5. The second kappa shape index (κ2) is 6.19. The monoisotopic (exact) mass is 337 g/mol. The Balaban J connectivity index is 1.61. The van der Waals surface area contributed by atoms with E-state index in [1.165, 1.54) is 0 Å². The van der Waals surface area contributed by atoms with Crippen LogP contribution in [0.15, 0.2) is 30.5 Å². The van der Waals surface area contributed by atoms with E-state index in [-0.39, 0.29) is 12.5 Å². The first-order valence-electron chi connectivity index (χ1n) is 7.79. The minimum absolute atomic E-state index is 0.0321. The molecule has 4 rings (SSSR count). The molecule has 0 saturated carbocycles. The molecular weight excluding hydrogens is 322 g/mol. The topological polar surface area (TPSA) is 118 Å². The number of benzene rings is 1. The number of aromatic nitrogens is 5. The van der Waals surface area contributed by atoms with Crippen LogP contribution < -0.4 is 15.4 Å². The van der Waals surface area contributed by atoms with Gasteiger partial charge in [-0.25, -0.2) is 9.97 Å². The Morgan fingerprint density at radius 1 is 1.24 bits per heavy atom. The minimum atomic E-state index is -0.175. The predicted molar refractivity (Wildman–Crippen MR) is 90.6 cm³/mol. The van der Waals surface area contributed by atoms with E-state index in [2.05, 4.69) is 35.8 Å². The van der Waals surface area contributed by atoms with Crippen LogP contribution in [0.5, 0.6) is 5.75 Å². The molecule has 0 atom stereocenters. The van der Waals surface area contributed by atoms with Crippen LogP contribution in [0, 0.1) is 0 Å². The maximum Gasteiger partial charge on any atom is 0.262 e. The van der Waals surface area contributed by atoms with Gasteiger partial charge in [0.1, 0.15) is 11.6 Å². The van der Waals surface area contributed by atoms with Gasteiger partial charge in [-0.2, -0.15) is 4.98 Å². The largest absolute Gasteiger partial charge is 0.482 e. The maximum absolute atomic E-state index is 11.5. The Hall–Kier alpha value is -3.49. The SMILES string of the molecule is CCc1nc(Nc2nccc(-c3ccc4c(c3)NC(=O)CO4)n2)n[nH]1. The van der Waals surface area contributed by atoms with Gasteiger partial charge in [0.15, 0.2) is 6.61 Å². The second-order valence-corrected chi connectivity index (χ2v) is 5.40. The molecule has 0 fully saturated rings. The number of fused-ring (bicyclic) bond motifs is 1. The molecule has 25 heavy (non-hydrogen) atoms. The molecule has 1 aliphatic rings. The number of rotatable bonds is 4. The standard InChI is InChI=1S/C16H15N7O2/c1-2-13-20-16(23-22-13)21-15-17-6-5-10(19-15)9-3-4-12-11(7-9)18-14(24)8-25-12/h3-7H,2,8H2,1H3,(H,18,24)(H2,17,19,20,21,22,23). The molecule has 1 aromatic carbocycles. The number of carbonyl (C=O) groups excluding carboxylic acids is 1.